The van der Waals surface area contributed by atoms with Crippen LogP contribution in [0.1, 0.15) is 44.3 Å². The van der Waals surface area contributed by atoms with Crippen LogP contribution < -0.4 is 0 Å². The molecule has 1 aromatic rings. The Bertz CT molecular complexity index is 754. The number of esters is 2. The minimum Gasteiger partial charge on any atom is -0.472 e. The lowest BCUT2D eigenvalue weighted by atomic mass is 9.48. The van der Waals surface area contributed by atoms with E-state index in [2.05, 4.69) is 0 Å². The highest BCUT2D eigenvalue weighted by Crippen LogP contribution is 2.60. The van der Waals surface area contributed by atoms with Crippen molar-refractivity contribution in [2.75, 3.05) is 7.11 Å². The quantitative estimate of drug-likeness (QED) is 0.788. The number of carbonyl (C=O) groups excluding carboxylic acids is 3. The second-order valence-electron chi connectivity index (χ2n) is 8.30. The molecule has 2 heterocycles. The lowest BCUT2D eigenvalue weighted by Crippen LogP contribution is -2.59. The van der Waals surface area contributed by atoms with Crippen molar-refractivity contribution in [1.82, 2.24) is 0 Å². The van der Waals surface area contributed by atoms with Gasteiger partial charge in [0.15, 0.2) is 0 Å². The van der Waals surface area contributed by atoms with E-state index in [0.29, 0.717) is 12.8 Å². The van der Waals surface area contributed by atoms with Gasteiger partial charge in [-0.3, -0.25) is 14.4 Å². The van der Waals surface area contributed by atoms with Gasteiger partial charge in [-0.2, -0.15) is 0 Å². The summed E-state index contributed by atoms with van der Waals surface area (Å²) in [6.07, 6.45) is 3.13. The molecular formula is C20H24O7. The maximum Gasteiger partial charge on any atom is 0.310 e. The number of ether oxygens (including phenoxy) is 2. The van der Waals surface area contributed by atoms with E-state index in [9.17, 15) is 19.5 Å². The van der Waals surface area contributed by atoms with Crippen molar-refractivity contribution >= 4 is 17.7 Å². The molecule has 0 bridgehead atoms. The first-order valence-corrected chi connectivity index (χ1v) is 9.36. The minimum atomic E-state index is -0.705. The normalized spacial score (nSPS) is 41.3. The Morgan fingerprint density at radius 3 is 2.78 bits per heavy atom. The lowest BCUT2D eigenvalue weighted by molar-refractivity contribution is -0.196. The molecule has 2 aliphatic carbocycles. The predicted molar refractivity (Wildman–Crippen MR) is 91.1 cm³/mol. The second-order valence-corrected chi connectivity index (χ2v) is 8.30. The fourth-order valence-corrected chi connectivity index (χ4v) is 5.56. The van der Waals surface area contributed by atoms with Gasteiger partial charge >= 0.3 is 11.9 Å². The molecule has 1 aliphatic heterocycles. The molecule has 3 aliphatic rings. The van der Waals surface area contributed by atoms with Crippen LogP contribution in [0.25, 0.3) is 0 Å². The molecule has 0 aromatic carbocycles. The number of ketones is 1. The summed E-state index contributed by atoms with van der Waals surface area (Å²) in [6, 6.07) is 1.76. The van der Waals surface area contributed by atoms with Crippen molar-refractivity contribution in [3.05, 3.63) is 24.2 Å². The van der Waals surface area contributed by atoms with Crippen molar-refractivity contribution in [2.24, 2.45) is 29.1 Å². The number of hydrogen-bond acceptors (Lipinski definition) is 7. The summed E-state index contributed by atoms with van der Waals surface area (Å²) >= 11 is 0. The molecule has 0 amide bonds. The zero-order chi connectivity index (χ0) is 19.3. The molecule has 7 atom stereocenters. The van der Waals surface area contributed by atoms with E-state index in [0.717, 1.165) is 5.56 Å². The molecule has 146 valence electrons. The van der Waals surface area contributed by atoms with Crippen molar-refractivity contribution in [1.29, 1.82) is 0 Å². The molecule has 2 saturated carbocycles. The van der Waals surface area contributed by atoms with Crippen LogP contribution in [0.5, 0.6) is 0 Å². The molecule has 1 saturated heterocycles. The summed E-state index contributed by atoms with van der Waals surface area (Å²) in [6.45, 7) is 1.99. The second kappa shape index (κ2) is 6.48. The van der Waals surface area contributed by atoms with Gasteiger partial charge in [-0.15, -0.1) is 0 Å². The standard InChI is InChI=1S/C20H24O7/c1-20-8-16(10-3-4-26-9-10)27-19(24)14(20)7-15(22)17-12(18(23)25-2)5-11(21)6-13(17)20/h3-4,9,11-14,16-17,21H,5-8H2,1-2H3/t11-,12+,13+,14-,16-,17+,20-/m0/s1. The van der Waals surface area contributed by atoms with E-state index in [1.54, 1.807) is 12.3 Å². The number of furan rings is 1. The van der Waals surface area contributed by atoms with Crippen molar-refractivity contribution in [3.63, 3.8) is 0 Å². The summed E-state index contributed by atoms with van der Waals surface area (Å²) < 4.78 is 15.6. The Kier molecular flexibility index (Phi) is 4.37. The van der Waals surface area contributed by atoms with E-state index < -0.39 is 47.3 Å². The van der Waals surface area contributed by atoms with Gasteiger partial charge in [-0.1, -0.05) is 6.92 Å². The SMILES string of the molecule is COC(=O)[C@@H]1C[C@H](O)C[C@@H]2[C@@H]1C(=O)C[C@H]1C(=O)O[C@H](c3ccoc3)C[C@@]21C. The number of Topliss-reactive ketones (excluding diaryl/α,β-unsaturated/α-hetero) is 1. The maximum atomic E-state index is 12.9. The summed E-state index contributed by atoms with van der Waals surface area (Å²) in [5, 5.41) is 10.4. The molecule has 0 spiro atoms. The molecule has 27 heavy (non-hydrogen) atoms. The highest BCUT2D eigenvalue weighted by molar-refractivity contribution is 5.92. The average Bonchev–Trinajstić information content (AvgIpc) is 3.17. The van der Waals surface area contributed by atoms with Crippen LogP contribution in [0, 0.1) is 29.1 Å². The van der Waals surface area contributed by atoms with Gasteiger partial charge in [-0.25, -0.2) is 0 Å². The number of rotatable bonds is 2. The maximum absolute atomic E-state index is 12.9. The lowest BCUT2D eigenvalue weighted by Gasteiger charge is -2.56. The van der Waals surface area contributed by atoms with Crippen LogP contribution >= 0.6 is 0 Å². The summed E-state index contributed by atoms with van der Waals surface area (Å²) in [7, 11) is 1.29. The van der Waals surface area contributed by atoms with Crippen LogP contribution in [0.3, 0.4) is 0 Å². The molecule has 0 unspecified atom stereocenters. The minimum absolute atomic E-state index is 0.0677. The number of fused-ring (bicyclic) bond motifs is 3. The third kappa shape index (κ3) is 2.79. The van der Waals surface area contributed by atoms with Gasteiger partial charge in [0, 0.05) is 17.9 Å². The molecule has 1 aromatic heterocycles. The topological polar surface area (TPSA) is 103 Å². The van der Waals surface area contributed by atoms with Crippen LogP contribution in [0.15, 0.2) is 23.0 Å². The third-order valence-corrected chi connectivity index (χ3v) is 6.93. The molecule has 0 radical (unpaired) electrons. The fourth-order valence-electron chi connectivity index (χ4n) is 5.56. The first-order valence-electron chi connectivity index (χ1n) is 9.36. The van der Waals surface area contributed by atoms with Gasteiger partial charge in [-0.05, 0) is 36.7 Å². The van der Waals surface area contributed by atoms with Gasteiger partial charge in [0.1, 0.15) is 11.9 Å². The molecule has 4 rings (SSSR count). The highest BCUT2D eigenvalue weighted by atomic mass is 16.5. The Balaban J connectivity index is 1.72. The average molecular weight is 376 g/mol. The number of aliphatic hydroxyl groups is 1. The molecule has 3 fully saturated rings. The van der Waals surface area contributed by atoms with Crippen molar-refractivity contribution in [2.45, 2.75) is 44.8 Å². The zero-order valence-electron chi connectivity index (χ0n) is 15.4. The Morgan fingerprint density at radius 1 is 1.33 bits per heavy atom. The monoisotopic (exact) mass is 376 g/mol. The van der Waals surface area contributed by atoms with E-state index in [-0.39, 0.29) is 24.5 Å². The zero-order valence-corrected chi connectivity index (χ0v) is 15.4. The smallest absolute Gasteiger partial charge is 0.310 e. The first-order chi connectivity index (χ1) is 12.8. The summed E-state index contributed by atoms with van der Waals surface area (Å²) in [5.41, 5.74) is 0.223. The van der Waals surface area contributed by atoms with Gasteiger partial charge in [0.05, 0.1) is 37.6 Å². The predicted octanol–water partition coefficient (Wildman–Crippen LogP) is 2.04. The van der Waals surface area contributed by atoms with Crippen molar-refractivity contribution in [3.8, 4) is 0 Å². The van der Waals surface area contributed by atoms with Crippen LogP contribution in [-0.4, -0.2) is 36.0 Å². The van der Waals surface area contributed by atoms with E-state index in [1.807, 2.05) is 6.92 Å². The van der Waals surface area contributed by atoms with Crippen LogP contribution in [0.4, 0.5) is 0 Å². The summed E-state index contributed by atoms with van der Waals surface area (Å²) in [5.74, 6) is -3.00. The summed E-state index contributed by atoms with van der Waals surface area (Å²) in [4.78, 5) is 38.0. The van der Waals surface area contributed by atoms with E-state index >= 15 is 0 Å². The Labute approximate surface area is 157 Å². The van der Waals surface area contributed by atoms with Crippen LogP contribution in [0.2, 0.25) is 0 Å². The molecule has 1 N–H and O–H groups in total. The van der Waals surface area contributed by atoms with E-state index in [1.165, 1.54) is 13.4 Å². The number of aliphatic hydroxyl groups excluding tert-OH is 1. The molecule has 7 heteroatoms. The number of methoxy groups -OCH3 is 1. The fraction of sp³-hybridized carbons (Fsp3) is 0.650. The first kappa shape index (κ1) is 18.2. The Morgan fingerprint density at radius 2 is 2.11 bits per heavy atom. The highest BCUT2D eigenvalue weighted by Gasteiger charge is 2.62. The number of cyclic esters (lactones) is 1. The number of carbonyl (C=O) groups is 3. The Hall–Kier alpha value is -2.15. The van der Waals surface area contributed by atoms with Crippen molar-refractivity contribution < 1.29 is 33.4 Å². The van der Waals surface area contributed by atoms with Crippen LogP contribution in [-0.2, 0) is 23.9 Å². The van der Waals surface area contributed by atoms with Gasteiger partial charge in [0.25, 0.3) is 0 Å². The third-order valence-electron chi connectivity index (χ3n) is 6.93. The largest absolute Gasteiger partial charge is 0.472 e. The molecule has 7 nitrogen and oxygen atoms in total. The number of hydrogen-bond donors (Lipinski definition) is 1. The molecular weight excluding hydrogens is 352 g/mol. The van der Waals surface area contributed by atoms with Gasteiger partial charge in [0.2, 0.25) is 0 Å². The van der Waals surface area contributed by atoms with E-state index in [4.69, 9.17) is 13.9 Å². The van der Waals surface area contributed by atoms with Gasteiger partial charge < -0.3 is 19.0 Å².